The summed E-state index contributed by atoms with van der Waals surface area (Å²) >= 11 is 0. The van der Waals surface area contributed by atoms with Crippen LogP contribution in [0.3, 0.4) is 0 Å². The van der Waals surface area contributed by atoms with Gasteiger partial charge in [0.2, 0.25) is 0 Å². The van der Waals surface area contributed by atoms with Gasteiger partial charge in [-0.25, -0.2) is 0 Å². The minimum absolute atomic E-state index is 0.220. The van der Waals surface area contributed by atoms with Gasteiger partial charge >= 0.3 is 7.69 Å². The maximum absolute atomic E-state index is 8.15. The number of unbranched alkanes of at least 4 members (excludes halogenated alkanes) is 2. The average molecular weight is 128 g/mol. The Kier molecular flexibility index (Phi) is 7.20. The molecule has 0 rings (SSSR count). The van der Waals surface area contributed by atoms with Crippen LogP contribution in [0.4, 0.5) is 0 Å². The molecule has 0 atom stereocenters. The summed E-state index contributed by atoms with van der Waals surface area (Å²) in [5.41, 5.74) is 0. The van der Waals surface area contributed by atoms with Gasteiger partial charge in [0, 0.05) is 0 Å². The standard InChI is InChI=1S/C6H13BO2/c1-2-3-4-5-6-9-7-8/h5-8H,2-4H2,1H3/b6-5+. The van der Waals surface area contributed by atoms with Gasteiger partial charge < -0.3 is 9.68 Å². The van der Waals surface area contributed by atoms with Crippen molar-refractivity contribution in [2.75, 3.05) is 0 Å². The maximum atomic E-state index is 8.15. The lowest BCUT2D eigenvalue weighted by Gasteiger charge is -1.89. The van der Waals surface area contributed by atoms with Gasteiger partial charge in [-0.1, -0.05) is 19.4 Å². The van der Waals surface area contributed by atoms with E-state index in [1.165, 1.54) is 19.1 Å². The summed E-state index contributed by atoms with van der Waals surface area (Å²) in [4.78, 5) is 0. The highest BCUT2D eigenvalue weighted by Crippen LogP contribution is 1.94. The molecule has 0 fully saturated rings. The third-order valence-corrected chi connectivity index (χ3v) is 0.991. The van der Waals surface area contributed by atoms with Crippen molar-refractivity contribution in [3.8, 4) is 0 Å². The molecule has 9 heavy (non-hydrogen) atoms. The van der Waals surface area contributed by atoms with E-state index in [0.29, 0.717) is 0 Å². The first-order chi connectivity index (χ1) is 4.41. The first-order valence-corrected chi connectivity index (χ1v) is 3.29. The molecular formula is C6H13BO2. The van der Waals surface area contributed by atoms with E-state index >= 15 is 0 Å². The van der Waals surface area contributed by atoms with Gasteiger partial charge in [0.05, 0.1) is 6.26 Å². The summed E-state index contributed by atoms with van der Waals surface area (Å²) < 4.78 is 4.56. The first kappa shape index (κ1) is 8.56. The van der Waals surface area contributed by atoms with Crippen molar-refractivity contribution in [1.29, 1.82) is 0 Å². The SMILES string of the molecule is CCCC/C=C/OBO. The van der Waals surface area contributed by atoms with Gasteiger partial charge in [0.25, 0.3) is 0 Å². The Morgan fingerprint density at radius 1 is 1.67 bits per heavy atom. The topological polar surface area (TPSA) is 29.5 Å². The second-order valence-electron chi connectivity index (χ2n) is 1.81. The minimum atomic E-state index is -0.220. The molecule has 0 saturated carbocycles. The van der Waals surface area contributed by atoms with Gasteiger partial charge in [0.1, 0.15) is 0 Å². The van der Waals surface area contributed by atoms with Crippen LogP contribution in [0.1, 0.15) is 26.2 Å². The predicted molar refractivity (Wildman–Crippen MR) is 39.1 cm³/mol. The number of hydrogen-bond acceptors (Lipinski definition) is 2. The third-order valence-electron chi connectivity index (χ3n) is 0.991. The highest BCUT2D eigenvalue weighted by molar-refractivity contribution is 6.16. The van der Waals surface area contributed by atoms with Crippen LogP contribution < -0.4 is 0 Å². The fourth-order valence-corrected chi connectivity index (χ4v) is 0.501. The van der Waals surface area contributed by atoms with Crippen molar-refractivity contribution < 1.29 is 9.68 Å². The molecule has 0 radical (unpaired) electrons. The van der Waals surface area contributed by atoms with Crippen LogP contribution in [-0.4, -0.2) is 12.7 Å². The van der Waals surface area contributed by atoms with E-state index in [1.807, 2.05) is 6.08 Å². The van der Waals surface area contributed by atoms with Crippen molar-refractivity contribution in [1.82, 2.24) is 0 Å². The molecule has 0 aromatic rings. The zero-order valence-corrected chi connectivity index (χ0v) is 5.84. The molecule has 0 amide bonds. The Hall–Kier alpha value is -0.435. The van der Waals surface area contributed by atoms with Crippen molar-refractivity contribution in [2.45, 2.75) is 26.2 Å². The molecule has 0 bridgehead atoms. The Balaban J connectivity index is 2.86. The van der Waals surface area contributed by atoms with Crippen molar-refractivity contribution in [3.63, 3.8) is 0 Å². The first-order valence-electron chi connectivity index (χ1n) is 3.29. The number of hydrogen-bond donors (Lipinski definition) is 1. The van der Waals surface area contributed by atoms with Crippen molar-refractivity contribution in [3.05, 3.63) is 12.3 Å². The second kappa shape index (κ2) is 7.56. The monoisotopic (exact) mass is 128 g/mol. The fourth-order valence-electron chi connectivity index (χ4n) is 0.501. The van der Waals surface area contributed by atoms with E-state index in [-0.39, 0.29) is 7.69 Å². The molecule has 52 valence electrons. The van der Waals surface area contributed by atoms with Crippen LogP contribution >= 0.6 is 0 Å². The molecule has 0 aliphatic heterocycles. The molecule has 0 spiro atoms. The summed E-state index contributed by atoms with van der Waals surface area (Å²) in [6.07, 6.45) is 6.88. The molecule has 0 aromatic carbocycles. The average Bonchev–Trinajstić information content (AvgIpc) is 1.89. The fraction of sp³-hybridized carbons (Fsp3) is 0.667. The Morgan fingerprint density at radius 3 is 3.00 bits per heavy atom. The van der Waals surface area contributed by atoms with E-state index in [1.54, 1.807) is 0 Å². The third kappa shape index (κ3) is 7.56. The van der Waals surface area contributed by atoms with Gasteiger partial charge in [-0.3, -0.25) is 0 Å². The van der Waals surface area contributed by atoms with Crippen molar-refractivity contribution in [2.24, 2.45) is 0 Å². The maximum Gasteiger partial charge on any atom is 0.503 e. The lowest BCUT2D eigenvalue weighted by Crippen LogP contribution is -1.86. The number of allylic oxidation sites excluding steroid dienone is 1. The van der Waals surface area contributed by atoms with E-state index in [4.69, 9.17) is 5.02 Å². The zero-order valence-electron chi connectivity index (χ0n) is 5.84. The van der Waals surface area contributed by atoms with E-state index in [0.717, 1.165) is 6.42 Å². The van der Waals surface area contributed by atoms with Gasteiger partial charge in [-0.15, -0.1) is 0 Å². The van der Waals surface area contributed by atoms with Crippen LogP contribution in [0.15, 0.2) is 12.3 Å². The van der Waals surface area contributed by atoms with Gasteiger partial charge in [-0.05, 0) is 12.8 Å². The quantitative estimate of drug-likeness (QED) is 0.339. The summed E-state index contributed by atoms with van der Waals surface area (Å²) in [6.45, 7) is 2.14. The summed E-state index contributed by atoms with van der Waals surface area (Å²) in [7, 11) is -0.220. The molecule has 0 heterocycles. The lowest BCUT2D eigenvalue weighted by molar-refractivity contribution is 0.404. The molecule has 2 nitrogen and oxygen atoms in total. The Labute approximate surface area is 56.8 Å². The molecule has 0 aliphatic rings. The van der Waals surface area contributed by atoms with Gasteiger partial charge in [-0.2, -0.15) is 0 Å². The normalized spacial score (nSPS) is 10.0. The molecule has 3 heteroatoms. The molecule has 0 unspecified atom stereocenters. The van der Waals surface area contributed by atoms with Crippen LogP contribution in [-0.2, 0) is 4.65 Å². The molecule has 0 saturated heterocycles. The Morgan fingerprint density at radius 2 is 2.44 bits per heavy atom. The van der Waals surface area contributed by atoms with Gasteiger partial charge in [0.15, 0.2) is 0 Å². The number of rotatable bonds is 5. The van der Waals surface area contributed by atoms with Crippen LogP contribution in [0, 0.1) is 0 Å². The van der Waals surface area contributed by atoms with Crippen LogP contribution in [0.5, 0.6) is 0 Å². The van der Waals surface area contributed by atoms with E-state index in [2.05, 4.69) is 11.6 Å². The highest BCUT2D eigenvalue weighted by Gasteiger charge is 1.78. The van der Waals surface area contributed by atoms with Crippen LogP contribution in [0.25, 0.3) is 0 Å². The smallest absolute Gasteiger partial charge is 0.503 e. The Bertz CT molecular complexity index is 73.5. The highest BCUT2D eigenvalue weighted by atomic mass is 16.5. The molecular weight excluding hydrogens is 115 g/mol. The minimum Gasteiger partial charge on any atom is -0.545 e. The molecule has 1 N–H and O–H groups in total. The summed E-state index contributed by atoms with van der Waals surface area (Å²) in [5, 5.41) is 8.15. The largest absolute Gasteiger partial charge is 0.545 e. The van der Waals surface area contributed by atoms with E-state index in [9.17, 15) is 0 Å². The van der Waals surface area contributed by atoms with Crippen LogP contribution in [0.2, 0.25) is 0 Å². The molecule has 0 aliphatic carbocycles. The second-order valence-corrected chi connectivity index (χ2v) is 1.81. The molecule has 0 aromatic heterocycles. The summed E-state index contributed by atoms with van der Waals surface area (Å²) in [5.74, 6) is 0. The predicted octanol–water partition coefficient (Wildman–Crippen LogP) is 0.966. The van der Waals surface area contributed by atoms with Crippen molar-refractivity contribution >= 4 is 7.69 Å². The summed E-state index contributed by atoms with van der Waals surface area (Å²) in [6, 6.07) is 0. The lowest BCUT2D eigenvalue weighted by atomic mass is 10.2. The van der Waals surface area contributed by atoms with E-state index < -0.39 is 0 Å². The zero-order chi connectivity index (χ0) is 6.95.